The van der Waals surface area contributed by atoms with Gasteiger partial charge in [0, 0.05) is 22.2 Å². The summed E-state index contributed by atoms with van der Waals surface area (Å²) >= 11 is 2.26. The van der Waals surface area contributed by atoms with E-state index in [9.17, 15) is 4.79 Å². The molecule has 2 rings (SSSR count). The summed E-state index contributed by atoms with van der Waals surface area (Å²) in [6, 6.07) is 8.25. The van der Waals surface area contributed by atoms with E-state index < -0.39 is 0 Å². The third-order valence-electron chi connectivity index (χ3n) is 3.94. The van der Waals surface area contributed by atoms with Gasteiger partial charge < -0.3 is 4.90 Å². The van der Waals surface area contributed by atoms with Gasteiger partial charge in [0.1, 0.15) is 0 Å². The summed E-state index contributed by atoms with van der Waals surface area (Å²) in [6.07, 6.45) is 4.78. The molecule has 18 heavy (non-hydrogen) atoms. The summed E-state index contributed by atoms with van der Waals surface area (Å²) in [5.41, 5.74) is 0.802. The maximum atomic E-state index is 12.4. The van der Waals surface area contributed by atoms with Gasteiger partial charge in [0.05, 0.1) is 0 Å². The fourth-order valence-corrected chi connectivity index (χ4v) is 2.95. The zero-order valence-electron chi connectivity index (χ0n) is 11.0. The molecule has 1 fully saturated rings. The Balaban J connectivity index is 2.02. The summed E-state index contributed by atoms with van der Waals surface area (Å²) in [6.45, 7) is 2.30. The molecule has 0 spiro atoms. The first kappa shape index (κ1) is 13.8. The molecule has 0 atom stereocenters. The predicted molar refractivity (Wildman–Crippen MR) is 82.7 cm³/mol. The normalized spacial score (nSPS) is 23.7. The summed E-state index contributed by atoms with van der Waals surface area (Å²) in [5.74, 6) is 0.981. The molecule has 0 bridgehead atoms. The van der Waals surface area contributed by atoms with Crippen LogP contribution in [-0.2, 0) is 0 Å². The lowest BCUT2D eigenvalue weighted by Gasteiger charge is -2.33. The molecular weight excluding hydrogens is 337 g/mol. The summed E-state index contributed by atoms with van der Waals surface area (Å²) < 4.78 is 1.17. The van der Waals surface area contributed by atoms with E-state index in [-0.39, 0.29) is 5.91 Å². The van der Waals surface area contributed by atoms with Crippen LogP contribution in [0.4, 0.5) is 0 Å². The second kappa shape index (κ2) is 6.04. The smallest absolute Gasteiger partial charge is 0.253 e. The molecule has 1 saturated carbocycles. The second-order valence-corrected chi connectivity index (χ2v) is 6.58. The average Bonchev–Trinajstić information content (AvgIpc) is 2.39. The molecule has 0 heterocycles. The van der Waals surface area contributed by atoms with E-state index in [0.29, 0.717) is 6.04 Å². The molecule has 1 aromatic rings. The van der Waals surface area contributed by atoms with Crippen molar-refractivity contribution in [1.29, 1.82) is 0 Å². The Labute approximate surface area is 123 Å². The summed E-state index contributed by atoms with van der Waals surface area (Å²) in [4.78, 5) is 14.3. The maximum Gasteiger partial charge on any atom is 0.253 e. The molecule has 0 aromatic heterocycles. The first-order valence-electron chi connectivity index (χ1n) is 6.60. The Hall–Kier alpha value is -0.580. The SMILES string of the molecule is CC1CCC(N(C)C(=O)c2ccc(I)cc2)CC1. The topological polar surface area (TPSA) is 20.3 Å². The zero-order chi connectivity index (χ0) is 13.1. The van der Waals surface area contributed by atoms with Crippen LogP contribution in [0.3, 0.4) is 0 Å². The molecule has 2 nitrogen and oxygen atoms in total. The van der Waals surface area contributed by atoms with Crippen LogP contribution in [0.25, 0.3) is 0 Å². The van der Waals surface area contributed by atoms with Crippen molar-refractivity contribution in [2.45, 2.75) is 38.6 Å². The molecule has 0 aliphatic heterocycles. The van der Waals surface area contributed by atoms with Gasteiger partial charge in [0.2, 0.25) is 0 Å². The van der Waals surface area contributed by atoms with Gasteiger partial charge in [-0.1, -0.05) is 6.92 Å². The van der Waals surface area contributed by atoms with Gasteiger partial charge in [-0.3, -0.25) is 4.79 Å². The van der Waals surface area contributed by atoms with E-state index in [1.165, 1.54) is 16.4 Å². The van der Waals surface area contributed by atoms with Gasteiger partial charge in [-0.05, 0) is 78.5 Å². The van der Waals surface area contributed by atoms with Crippen molar-refractivity contribution in [1.82, 2.24) is 4.90 Å². The highest BCUT2D eigenvalue weighted by Gasteiger charge is 2.25. The Morgan fingerprint density at radius 2 is 1.72 bits per heavy atom. The van der Waals surface area contributed by atoms with E-state index in [1.807, 2.05) is 36.2 Å². The van der Waals surface area contributed by atoms with Crippen LogP contribution >= 0.6 is 22.6 Å². The van der Waals surface area contributed by atoms with Gasteiger partial charge in [-0.25, -0.2) is 0 Å². The number of halogens is 1. The van der Waals surface area contributed by atoms with Crippen LogP contribution in [0.1, 0.15) is 43.0 Å². The van der Waals surface area contributed by atoms with Crippen LogP contribution in [-0.4, -0.2) is 23.9 Å². The number of benzene rings is 1. The van der Waals surface area contributed by atoms with Gasteiger partial charge in [0.15, 0.2) is 0 Å². The first-order valence-corrected chi connectivity index (χ1v) is 7.68. The lowest BCUT2D eigenvalue weighted by molar-refractivity contribution is 0.0679. The van der Waals surface area contributed by atoms with Crippen molar-refractivity contribution in [3.05, 3.63) is 33.4 Å². The molecule has 98 valence electrons. The molecule has 1 amide bonds. The molecule has 0 unspecified atom stereocenters. The highest BCUT2D eigenvalue weighted by molar-refractivity contribution is 14.1. The standard InChI is InChI=1S/C15H20INO/c1-11-3-9-14(10-4-11)17(2)15(18)12-5-7-13(16)8-6-12/h5-8,11,14H,3-4,9-10H2,1-2H3. The number of hydrogen-bond donors (Lipinski definition) is 0. The average molecular weight is 357 g/mol. The Morgan fingerprint density at radius 1 is 1.17 bits per heavy atom. The number of hydrogen-bond acceptors (Lipinski definition) is 1. The first-order chi connectivity index (χ1) is 8.58. The minimum Gasteiger partial charge on any atom is -0.339 e. The maximum absolute atomic E-state index is 12.4. The molecule has 1 aliphatic rings. The van der Waals surface area contributed by atoms with Gasteiger partial charge in [0.25, 0.3) is 5.91 Å². The lowest BCUT2D eigenvalue weighted by Crippen LogP contribution is -2.39. The van der Waals surface area contributed by atoms with Crippen LogP contribution in [0.15, 0.2) is 24.3 Å². The largest absolute Gasteiger partial charge is 0.339 e. The number of amides is 1. The zero-order valence-corrected chi connectivity index (χ0v) is 13.2. The quantitative estimate of drug-likeness (QED) is 0.735. The highest BCUT2D eigenvalue weighted by atomic mass is 127. The number of carbonyl (C=O) groups excluding carboxylic acids is 1. The minimum absolute atomic E-state index is 0.158. The predicted octanol–water partition coefficient (Wildman–Crippen LogP) is 3.94. The molecule has 0 radical (unpaired) electrons. The van der Waals surface area contributed by atoms with E-state index in [0.717, 1.165) is 24.3 Å². The van der Waals surface area contributed by atoms with Crippen molar-refractivity contribution >= 4 is 28.5 Å². The van der Waals surface area contributed by atoms with E-state index in [1.54, 1.807) is 0 Å². The van der Waals surface area contributed by atoms with Crippen LogP contribution < -0.4 is 0 Å². The number of carbonyl (C=O) groups is 1. The van der Waals surface area contributed by atoms with Crippen molar-refractivity contribution in [3.63, 3.8) is 0 Å². The summed E-state index contributed by atoms with van der Waals surface area (Å²) in [5, 5.41) is 0. The van der Waals surface area contributed by atoms with Gasteiger partial charge in [-0.15, -0.1) is 0 Å². The third-order valence-corrected chi connectivity index (χ3v) is 4.66. The highest BCUT2D eigenvalue weighted by Crippen LogP contribution is 2.27. The molecule has 0 saturated heterocycles. The number of rotatable bonds is 2. The molecular formula is C15H20INO. The van der Waals surface area contributed by atoms with Crippen molar-refractivity contribution in [2.24, 2.45) is 5.92 Å². The second-order valence-electron chi connectivity index (χ2n) is 5.34. The third kappa shape index (κ3) is 3.25. The van der Waals surface area contributed by atoms with E-state index in [4.69, 9.17) is 0 Å². The fraction of sp³-hybridized carbons (Fsp3) is 0.533. The molecule has 0 N–H and O–H groups in total. The molecule has 1 aliphatic carbocycles. The summed E-state index contributed by atoms with van der Waals surface area (Å²) in [7, 11) is 1.95. The van der Waals surface area contributed by atoms with E-state index in [2.05, 4.69) is 29.5 Å². The van der Waals surface area contributed by atoms with Gasteiger partial charge >= 0.3 is 0 Å². The monoisotopic (exact) mass is 357 g/mol. The Morgan fingerprint density at radius 3 is 2.28 bits per heavy atom. The fourth-order valence-electron chi connectivity index (χ4n) is 2.59. The molecule has 3 heteroatoms. The Kier molecular flexibility index (Phi) is 4.65. The van der Waals surface area contributed by atoms with E-state index >= 15 is 0 Å². The van der Waals surface area contributed by atoms with Crippen LogP contribution in [0.2, 0.25) is 0 Å². The number of nitrogens with zero attached hydrogens (tertiary/aromatic N) is 1. The van der Waals surface area contributed by atoms with Gasteiger partial charge in [-0.2, -0.15) is 0 Å². The van der Waals surface area contributed by atoms with Crippen molar-refractivity contribution < 1.29 is 4.79 Å². The lowest BCUT2D eigenvalue weighted by atomic mass is 9.86. The van der Waals surface area contributed by atoms with Crippen molar-refractivity contribution in [3.8, 4) is 0 Å². The Bertz CT molecular complexity index is 407. The van der Waals surface area contributed by atoms with Crippen LogP contribution in [0, 0.1) is 9.49 Å². The minimum atomic E-state index is 0.158. The molecule has 1 aromatic carbocycles. The van der Waals surface area contributed by atoms with Crippen molar-refractivity contribution in [2.75, 3.05) is 7.05 Å². The van der Waals surface area contributed by atoms with Crippen LogP contribution in [0.5, 0.6) is 0 Å².